The van der Waals surface area contributed by atoms with Crippen LogP contribution in [0.2, 0.25) is 0 Å². The van der Waals surface area contributed by atoms with Crippen LogP contribution in [-0.2, 0) is 0 Å². The summed E-state index contributed by atoms with van der Waals surface area (Å²) in [6.45, 7) is 2.02. The van der Waals surface area contributed by atoms with Gasteiger partial charge in [-0.15, -0.1) is 0 Å². The van der Waals surface area contributed by atoms with Crippen LogP contribution < -0.4 is 0 Å². The molecule has 3 nitrogen and oxygen atoms in total. The molecule has 0 aliphatic carbocycles. The molecule has 2 aromatic rings. The summed E-state index contributed by atoms with van der Waals surface area (Å²) >= 11 is 0. The number of nitrogens with zero attached hydrogens (tertiary/aromatic N) is 1. The van der Waals surface area contributed by atoms with Crippen LogP contribution in [0.15, 0.2) is 48.5 Å². The maximum absolute atomic E-state index is 10.9. The van der Waals surface area contributed by atoms with Gasteiger partial charge in [0, 0.05) is 6.07 Å². The summed E-state index contributed by atoms with van der Waals surface area (Å²) in [4.78, 5) is 10.5. The summed E-state index contributed by atoms with van der Waals surface area (Å²) in [5, 5.41) is 10.9. The summed E-state index contributed by atoms with van der Waals surface area (Å²) in [6, 6.07) is 14.7. The Morgan fingerprint density at radius 2 is 1.83 bits per heavy atom. The van der Waals surface area contributed by atoms with Crippen molar-refractivity contribution in [2.75, 3.05) is 0 Å². The SMILES string of the molecule is Cc1cccc(/C=C/c2ccccc2[N+](=O)[O-])c1. The van der Waals surface area contributed by atoms with Gasteiger partial charge in [0.1, 0.15) is 0 Å². The smallest absolute Gasteiger partial charge is 0.258 e. The Morgan fingerprint density at radius 1 is 1.06 bits per heavy atom. The molecule has 3 heteroatoms. The number of nitro groups is 1. The fourth-order valence-corrected chi connectivity index (χ4v) is 1.75. The van der Waals surface area contributed by atoms with Gasteiger partial charge in [-0.25, -0.2) is 0 Å². The predicted molar refractivity (Wildman–Crippen MR) is 73.2 cm³/mol. The number of para-hydroxylation sites is 1. The minimum atomic E-state index is -0.365. The lowest BCUT2D eigenvalue weighted by atomic mass is 10.1. The summed E-state index contributed by atoms with van der Waals surface area (Å²) in [5.74, 6) is 0. The van der Waals surface area contributed by atoms with Gasteiger partial charge in [0.15, 0.2) is 0 Å². The molecule has 0 aliphatic rings. The van der Waals surface area contributed by atoms with Crippen molar-refractivity contribution < 1.29 is 4.92 Å². The zero-order valence-electron chi connectivity index (χ0n) is 10.0. The molecule has 90 valence electrons. The van der Waals surface area contributed by atoms with Crippen molar-refractivity contribution in [3.63, 3.8) is 0 Å². The Labute approximate surface area is 106 Å². The van der Waals surface area contributed by atoms with E-state index in [1.807, 2.05) is 37.3 Å². The molecule has 0 radical (unpaired) electrons. The lowest BCUT2D eigenvalue weighted by Gasteiger charge is -1.98. The molecule has 0 aromatic heterocycles. The summed E-state index contributed by atoms with van der Waals surface area (Å²) < 4.78 is 0. The molecule has 0 amide bonds. The minimum Gasteiger partial charge on any atom is -0.258 e. The highest BCUT2D eigenvalue weighted by Crippen LogP contribution is 2.20. The molecule has 0 unspecified atom stereocenters. The number of nitro benzene ring substituents is 1. The molecule has 18 heavy (non-hydrogen) atoms. The third-order valence-corrected chi connectivity index (χ3v) is 2.63. The van der Waals surface area contributed by atoms with Gasteiger partial charge in [-0.05, 0) is 24.6 Å². The van der Waals surface area contributed by atoms with E-state index in [1.165, 1.54) is 11.6 Å². The average Bonchev–Trinajstić information content (AvgIpc) is 2.37. The lowest BCUT2D eigenvalue weighted by molar-refractivity contribution is -0.385. The number of aryl methyl sites for hydroxylation is 1. The van der Waals surface area contributed by atoms with Crippen LogP contribution in [0.25, 0.3) is 12.2 Å². The van der Waals surface area contributed by atoms with E-state index in [4.69, 9.17) is 0 Å². The standard InChI is InChI=1S/C15H13NO2/c1-12-5-4-6-13(11-12)9-10-14-7-2-3-8-15(14)16(17)18/h2-11H,1H3/b10-9+. The Morgan fingerprint density at radius 3 is 2.56 bits per heavy atom. The molecule has 0 heterocycles. The lowest BCUT2D eigenvalue weighted by Crippen LogP contribution is -1.90. The summed E-state index contributed by atoms with van der Waals surface area (Å²) in [5.41, 5.74) is 2.94. The molecule has 2 aromatic carbocycles. The van der Waals surface area contributed by atoms with Crippen LogP contribution >= 0.6 is 0 Å². The second-order valence-corrected chi connectivity index (χ2v) is 4.06. The average molecular weight is 239 g/mol. The largest absolute Gasteiger partial charge is 0.276 e. The van der Waals surface area contributed by atoms with Crippen LogP contribution in [0.4, 0.5) is 5.69 Å². The maximum atomic E-state index is 10.9. The first-order valence-corrected chi connectivity index (χ1v) is 5.65. The Bertz CT molecular complexity index is 603. The fourth-order valence-electron chi connectivity index (χ4n) is 1.75. The number of benzene rings is 2. The van der Waals surface area contributed by atoms with E-state index in [0.717, 1.165) is 5.56 Å². The first-order chi connectivity index (χ1) is 8.66. The van der Waals surface area contributed by atoms with Crippen molar-refractivity contribution in [2.45, 2.75) is 6.92 Å². The second kappa shape index (κ2) is 5.27. The quantitative estimate of drug-likeness (QED) is 0.460. The van der Waals surface area contributed by atoms with Crippen LogP contribution in [0.3, 0.4) is 0 Å². The van der Waals surface area contributed by atoms with Gasteiger partial charge in [-0.3, -0.25) is 10.1 Å². The van der Waals surface area contributed by atoms with E-state index in [0.29, 0.717) is 5.56 Å². The highest BCUT2D eigenvalue weighted by molar-refractivity contribution is 5.74. The van der Waals surface area contributed by atoms with Crippen molar-refractivity contribution in [1.29, 1.82) is 0 Å². The van der Waals surface area contributed by atoms with Gasteiger partial charge in [-0.1, -0.05) is 48.0 Å². The Kier molecular flexibility index (Phi) is 3.53. The maximum Gasteiger partial charge on any atom is 0.276 e. The van der Waals surface area contributed by atoms with E-state index in [2.05, 4.69) is 0 Å². The summed E-state index contributed by atoms with van der Waals surface area (Å²) in [6.07, 6.45) is 3.66. The van der Waals surface area contributed by atoms with E-state index in [1.54, 1.807) is 24.3 Å². The molecule has 0 bridgehead atoms. The number of rotatable bonds is 3. The van der Waals surface area contributed by atoms with Crippen molar-refractivity contribution in [2.24, 2.45) is 0 Å². The molecule has 0 N–H and O–H groups in total. The minimum absolute atomic E-state index is 0.126. The molecular formula is C15H13NO2. The van der Waals surface area contributed by atoms with Gasteiger partial charge in [0.05, 0.1) is 10.5 Å². The topological polar surface area (TPSA) is 43.1 Å². The highest BCUT2D eigenvalue weighted by atomic mass is 16.6. The predicted octanol–water partition coefficient (Wildman–Crippen LogP) is 4.07. The molecule has 0 fully saturated rings. The van der Waals surface area contributed by atoms with Gasteiger partial charge in [0.2, 0.25) is 0 Å². The van der Waals surface area contributed by atoms with Gasteiger partial charge in [0.25, 0.3) is 5.69 Å². The zero-order valence-corrected chi connectivity index (χ0v) is 10.0. The zero-order chi connectivity index (χ0) is 13.0. The first kappa shape index (κ1) is 12.0. The molecule has 0 saturated carbocycles. The second-order valence-electron chi connectivity index (χ2n) is 4.06. The Balaban J connectivity index is 2.32. The first-order valence-electron chi connectivity index (χ1n) is 5.65. The Hall–Kier alpha value is -2.42. The molecule has 2 rings (SSSR count). The third-order valence-electron chi connectivity index (χ3n) is 2.63. The molecule has 0 saturated heterocycles. The number of hydrogen-bond donors (Lipinski definition) is 0. The van der Waals surface area contributed by atoms with E-state index >= 15 is 0 Å². The van der Waals surface area contributed by atoms with E-state index in [-0.39, 0.29) is 10.6 Å². The van der Waals surface area contributed by atoms with Crippen LogP contribution in [0.5, 0.6) is 0 Å². The molecule has 0 atom stereocenters. The molecule has 0 spiro atoms. The van der Waals surface area contributed by atoms with Crippen LogP contribution in [-0.4, -0.2) is 4.92 Å². The van der Waals surface area contributed by atoms with Crippen LogP contribution in [0.1, 0.15) is 16.7 Å². The van der Waals surface area contributed by atoms with Crippen molar-refractivity contribution in [3.05, 3.63) is 75.3 Å². The van der Waals surface area contributed by atoms with E-state index < -0.39 is 0 Å². The molecular weight excluding hydrogens is 226 g/mol. The van der Waals surface area contributed by atoms with Gasteiger partial charge < -0.3 is 0 Å². The van der Waals surface area contributed by atoms with E-state index in [9.17, 15) is 10.1 Å². The monoisotopic (exact) mass is 239 g/mol. The third kappa shape index (κ3) is 2.83. The van der Waals surface area contributed by atoms with Gasteiger partial charge in [-0.2, -0.15) is 0 Å². The molecule has 0 aliphatic heterocycles. The highest BCUT2D eigenvalue weighted by Gasteiger charge is 2.08. The van der Waals surface area contributed by atoms with Gasteiger partial charge >= 0.3 is 0 Å². The van der Waals surface area contributed by atoms with Crippen molar-refractivity contribution in [3.8, 4) is 0 Å². The summed E-state index contributed by atoms with van der Waals surface area (Å²) in [7, 11) is 0. The normalized spacial score (nSPS) is 10.7. The van der Waals surface area contributed by atoms with Crippen molar-refractivity contribution >= 4 is 17.8 Å². The number of hydrogen-bond acceptors (Lipinski definition) is 2. The van der Waals surface area contributed by atoms with Crippen LogP contribution in [0, 0.1) is 17.0 Å². The van der Waals surface area contributed by atoms with Crippen molar-refractivity contribution in [1.82, 2.24) is 0 Å². The fraction of sp³-hybridized carbons (Fsp3) is 0.0667.